The number of carbonyl (C=O) groups is 1. The summed E-state index contributed by atoms with van der Waals surface area (Å²) in [6, 6.07) is 5.38. The normalized spacial score (nSPS) is 10.1. The molecule has 0 aliphatic rings. The van der Waals surface area contributed by atoms with Gasteiger partial charge in [-0.1, -0.05) is 13.3 Å². The van der Waals surface area contributed by atoms with Crippen molar-refractivity contribution < 1.29 is 9.53 Å². The predicted molar refractivity (Wildman–Crippen MR) is 61.3 cm³/mol. The highest BCUT2D eigenvalue weighted by atomic mass is 16.5. The third-order valence-corrected chi connectivity index (χ3v) is 2.36. The fourth-order valence-electron chi connectivity index (χ4n) is 1.43. The Bertz CT molecular complexity index is 342. The van der Waals surface area contributed by atoms with E-state index in [0.717, 1.165) is 29.7 Å². The van der Waals surface area contributed by atoms with Crippen molar-refractivity contribution in [2.45, 2.75) is 26.2 Å². The van der Waals surface area contributed by atoms with Crippen LogP contribution in [0, 0.1) is 6.92 Å². The molecule has 0 aromatic heterocycles. The van der Waals surface area contributed by atoms with E-state index in [1.54, 1.807) is 25.3 Å². The summed E-state index contributed by atoms with van der Waals surface area (Å²) in [5.74, 6) is 0.909. The van der Waals surface area contributed by atoms with Crippen LogP contribution in [0.3, 0.4) is 0 Å². The van der Waals surface area contributed by atoms with Crippen LogP contribution in [-0.2, 0) is 0 Å². The zero-order valence-electron chi connectivity index (χ0n) is 9.38. The molecule has 0 unspecified atom stereocenters. The first-order valence-corrected chi connectivity index (χ1v) is 5.22. The van der Waals surface area contributed by atoms with Gasteiger partial charge in [-0.2, -0.15) is 0 Å². The lowest BCUT2D eigenvalue weighted by molar-refractivity contribution is 0.0979. The maximum absolute atomic E-state index is 11.7. The topological polar surface area (TPSA) is 26.3 Å². The molecule has 1 radical (unpaired) electrons. The molecule has 0 aliphatic heterocycles. The molecule has 0 bridgehead atoms. The van der Waals surface area contributed by atoms with Gasteiger partial charge in [-0.15, -0.1) is 0 Å². The highest BCUT2D eigenvalue weighted by Crippen LogP contribution is 2.19. The second kappa shape index (κ2) is 5.54. The van der Waals surface area contributed by atoms with E-state index in [4.69, 9.17) is 4.74 Å². The summed E-state index contributed by atoms with van der Waals surface area (Å²) in [4.78, 5) is 11.7. The SMILES string of the molecule is [CH2]c1cc(C(=O)CCCC)ccc1OC. The molecule has 0 amide bonds. The van der Waals surface area contributed by atoms with E-state index in [0.29, 0.717) is 6.42 Å². The van der Waals surface area contributed by atoms with Crippen molar-refractivity contribution in [1.29, 1.82) is 0 Å². The molecule has 2 nitrogen and oxygen atoms in total. The Labute approximate surface area is 91.3 Å². The zero-order valence-corrected chi connectivity index (χ0v) is 9.38. The Hall–Kier alpha value is -1.31. The molecule has 0 atom stereocenters. The van der Waals surface area contributed by atoms with Gasteiger partial charge < -0.3 is 4.74 Å². The van der Waals surface area contributed by atoms with Crippen LogP contribution in [0.1, 0.15) is 42.1 Å². The van der Waals surface area contributed by atoms with Crippen molar-refractivity contribution >= 4 is 5.78 Å². The minimum atomic E-state index is 0.185. The lowest BCUT2D eigenvalue weighted by atomic mass is 10.0. The number of unbranched alkanes of at least 4 members (excludes halogenated alkanes) is 1. The van der Waals surface area contributed by atoms with Gasteiger partial charge in [0.05, 0.1) is 7.11 Å². The van der Waals surface area contributed by atoms with E-state index < -0.39 is 0 Å². The van der Waals surface area contributed by atoms with Gasteiger partial charge >= 0.3 is 0 Å². The van der Waals surface area contributed by atoms with Gasteiger partial charge in [0.2, 0.25) is 0 Å². The van der Waals surface area contributed by atoms with Gasteiger partial charge in [-0.05, 0) is 37.1 Å². The number of rotatable bonds is 5. The van der Waals surface area contributed by atoms with Crippen LogP contribution in [0.25, 0.3) is 0 Å². The number of hydrogen-bond donors (Lipinski definition) is 0. The summed E-state index contributed by atoms with van der Waals surface area (Å²) < 4.78 is 5.09. The molecular weight excluding hydrogens is 188 g/mol. The molecule has 0 fully saturated rings. The average Bonchev–Trinajstić information content (AvgIpc) is 2.25. The third-order valence-electron chi connectivity index (χ3n) is 2.36. The molecule has 0 spiro atoms. The Morgan fingerprint density at radius 1 is 1.47 bits per heavy atom. The standard InChI is InChI=1S/C13H17O2/c1-4-5-6-12(14)11-7-8-13(15-3)10(2)9-11/h7-9H,2,4-6H2,1,3H3. The van der Waals surface area contributed by atoms with Crippen molar-refractivity contribution in [1.82, 2.24) is 0 Å². The molecule has 1 aromatic rings. The minimum Gasteiger partial charge on any atom is -0.496 e. The fourth-order valence-corrected chi connectivity index (χ4v) is 1.43. The average molecular weight is 205 g/mol. The summed E-state index contributed by atoms with van der Waals surface area (Å²) in [6.07, 6.45) is 2.60. The summed E-state index contributed by atoms with van der Waals surface area (Å²) >= 11 is 0. The Morgan fingerprint density at radius 3 is 2.73 bits per heavy atom. The number of benzene rings is 1. The summed E-state index contributed by atoms with van der Waals surface area (Å²) in [7, 11) is 1.60. The molecule has 0 heterocycles. The molecule has 81 valence electrons. The van der Waals surface area contributed by atoms with Crippen LogP contribution >= 0.6 is 0 Å². The summed E-state index contributed by atoms with van der Waals surface area (Å²) in [5, 5.41) is 0. The van der Waals surface area contributed by atoms with E-state index >= 15 is 0 Å². The summed E-state index contributed by atoms with van der Waals surface area (Å²) in [6.45, 7) is 5.91. The highest BCUT2D eigenvalue weighted by Gasteiger charge is 2.07. The largest absolute Gasteiger partial charge is 0.496 e. The van der Waals surface area contributed by atoms with Crippen molar-refractivity contribution in [3.8, 4) is 5.75 Å². The first kappa shape index (κ1) is 11.8. The van der Waals surface area contributed by atoms with Gasteiger partial charge in [0, 0.05) is 12.0 Å². The number of ether oxygens (including phenoxy) is 1. The van der Waals surface area contributed by atoms with Gasteiger partial charge in [0.1, 0.15) is 5.75 Å². The van der Waals surface area contributed by atoms with Crippen LogP contribution in [0.4, 0.5) is 0 Å². The lowest BCUT2D eigenvalue weighted by Gasteiger charge is -2.06. The molecular formula is C13H17O2. The Kier molecular flexibility index (Phi) is 4.35. The molecule has 15 heavy (non-hydrogen) atoms. The van der Waals surface area contributed by atoms with Crippen molar-refractivity contribution in [2.75, 3.05) is 7.11 Å². The van der Waals surface area contributed by atoms with Gasteiger partial charge in [0.15, 0.2) is 5.78 Å². The van der Waals surface area contributed by atoms with Gasteiger partial charge in [0.25, 0.3) is 0 Å². The zero-order chi connectivity index (χ0) is 11.3. The molecule has 0 saturated carbocycles. The minimum absolute atomic E-state index is 0.185. The van der Waals surface area contributed by atoms with E-state index in [9.17, 15) is 4.79 Å². The van der Waals surface area contributed by atoms with Gasteiger partial charge in [-0.25, -0.2) is 0 Å². The number of carbonyl (C=O) groups excluding carboxylic acids is 1. The first-order chi connectivity index (χ1) is 7.19. The van der Waals surface area contributed by atoms with E-state index in [-0.39, 0.29) is 5.78 Å². The highest BCUT2D eigenvalue weighted by molar-refractivity contribution is 5.96. The van der Waals surface area contributed by atoms with Crippen molar-refractivity contribution in [2.24, 2.45) is 0 Å². The monoisotopic (exact) mass is 205 g/mol. The second-order valence-electron chi connectivity index (χ2n) is 3.55. The van der Waals surface area contributed by atoms with Crippen LogP contribution in [0.2, 0.25) is 0 Å². The van der Waals surface area contributed by atoms with Crippen LogP contribution in [-0.4, -0.2) is 12.9 Å². The number of Topliss-reactive ketones (excluding diaryl/α,β-unsaturated/α-hetero) is 1. The molecule has 1 aromatic carbocycles. The molecule has 1 rings (SSSR count). The third kappa shape index (κ3) is 3.08. The van der Waals surface area contributed by atoms with E-state index in [1.165, 1.54) is 0 Å². The predicted octanol–water partition coefficient (Wildman–Crippen LogP) is 3.25. The molecule has 0 N–H and O–H groups in total. The first-order valence-electron chi connectivity index (χ1n) is 5.22. The molecule has 2 heteroatoms. The second-order valence-corrected chi connectivity index (χ2v) is 3.55. The lowest BCUT2D eigenvalue weighted by Crippen LogP contribution is -1.99. The smallest absolute Gasteiger partial charge is 0.162 e. The number of methoxy groups -OCH3 is 1. The molecule has 0 aliphatic carbocycles. The number of hydrogen-bond acceptors (Lipinski definition) is 2. The van der Waals surface area contributed by atoms with E-state index in [2.05, 4.69) is 13.8 Å². The maximum Gasteiger partial charge on any atom is 0.162 e. The van der Waals surface area contributed by atoms with Crippen LogP contribution in [0.5, 0.6) is 5.75 Å². The van der Waals surface area contributed by atoms with E-state index in [1.807, 2.05) is 0 Å². The van der Waals surface area contributed by atoms with Crippen LogP contribution in [0.15, 0.2) is 18.2 Å². The Morgan fingerprint density at radius 2 is 2.20 bits per heavy atom. The maximum atomic E-state index is 11.7. The number of ketones is 1. The Balaban J connectivity index is 2.78. The van der Waals surface area contributed by atoms with Gasteiger partial charge in [-0.3, -0.25) is 4.79 Å². The fraction of sp³-hybridized carbons (Fsp3) is 0.385. The summed E-state index contributed by atoms with van der Waals surface area (Å²) in [5.41, 5.74) is 1.49. The molecule has 0 saturated heterocycles. The quantitative estimate of drug-likeness (QED) is 0.690. The van der Waals surface area contributed by atoms with Crippen molar-refractivity contribution in [3.05, 3.63) is 36.2 Å². The van der Waals surface area contributed by atoms with Crippen LogP contribution < -0.4 is 4.74 Å². The van der Waals surface area contributed by atoms with Crippen molar-refractivity contribution in [3.63, 3.8) is 0 Å².